The van der Waals surface area contributed by atoms with Gasteiger partial charge in [-0.15, -0.1) is 0 Å². The highest BCUT2D eigenvalue weighted by molar-refractivity contribution is 7.66. The van der Waals surface area contributed by atoms with Gasteiger partial charge in [-0.2, -0.15) is 0 Å². The van der Waals surface area contributed by atoms with Crippen LogP contribution in [0.3, 0.4) is 0 Å². The highest BCUT2D eigenvalue weighted by Gasteiger charge is 2.24. The second kappa shape index (κ2) is 9.33. The van der Waals surface area contributed by atoms with Gasteiger partial charge in [0.2, 0.25) is 0 Å². The maximum Gasteiger partial charge on any atom is 0.193 e. The average Bonchev–Trinajstić information content (AvgIpc) is 2.72. The lowest BCUT2D eigenvalue weighted by Gasteiger charge is -2.17. The molecule has 0 N–H and O–H groups in total. The Morgan fingerprint density at radius 3 is 1.33 bits per heavy atom. The smallest absolute Gasteiger partial charge is 0.193 e. The van der Waals surface area contributed by atoms with Gasteiger partial charge in [-0.1, -0.05) is 0 Å². The molecule has 7 nitrogen and oxygen atoms in total. The number of ether oxygens (including phenoxy) is 6. The Bertz CT molecular complexity index is 770. The molecular formula is C19H23O7P. The van der Waals surface area contributed by atoms with Crippen LogP contribution in [0.15, 0.2) is 24.3 Å². The summed E-state index contributed by atoms with van der Waals surface area (Å²) in [6, 6.07) is 6.70. The van der Waals surface area contributed by atoms with Gasteiger partial charge in [0.1, 0.15) is 40.1 Å². The molecule has 0 aliphatic rings. The molecule has 0 aliphatic heterocycles. The molecule has 0 fully saturated rings. The van der Waals surface area contributed by atoms with Crippen molar-refractivity contribution in [2.24, 2.45) is 0 Å². The minimum absolute atomic E-state index is 0.187. The molecule has 0 radical (unpaired) electrons. The number of rotatable bonds is 9. The zero-order chi connectivity index (χ0) is 20.0. The van der Waals surface area contributed by atoms with Crippen LogP contribution in [0.5, 0.6) is 34.5 Å². The lowest BCUT2D eigenvalue weighted by atomic mass is 10.2. The Hall–Kier alpha value is -2.66. The number of carbonyl (C=O) groups excluding carboxylic acids is 1. The summed E-state index contributed by atoms with van der Waals surface area (Å²) in [6.45, 7) is 0. The van der Waals surface area contributed by atoms with Crippen molar-refractivity contribution < 1.29 is 33.2 Å². The molecule has 0 aromatic heterocycles. The fraction of sp³-hybridized carbons (Fsp3) is 0.316. The SMILES string of the molecule is COc1cc(OC)c(PC(=O)c2c(OC)cc(OC)cc2OC)c(OC)c1. The van der Waals surface area contributed by atoms with Gasteiger partial charge in [0.05, 0.1) is 48.0 Å². The van der Waals surface area contributed by atoms with Gasteiger partial charge in [0.25, 0.3) is 0 Å². The van der Waals surface area contributed by atoms with Gasteiger partial charge in [-0.05, 0) is 8.58 Å². The van der Waals surface area contributed by atoms with Gasteiger partial charge in [-0.3, -0.25) is 4.79 Å². The van der Waals surface area contributed by atoms with Crippen molar-refractivity contribution in [2.75, 3.05) is 42.7 Å². The maximum absolute atomic E-state index is 13.1. The van der Waals surface area contributed by atoms with E-state index in [0.717, 1.165) is 0 Å². The highest BCUT2D eigenvalue weighted by atomic mass is 31.1. The standard InChI is InChI=1S/C19H23O7P/c1-21-11-7-13(23-3)17(14(8-11)24-4)19(20)27-18-15(25-5)9-12(22-2)10-16(18)26-6/h7-10,27H,1-6H3. The summed E-state index contributed by atoms with van der Waals surface area (Å²) in [5.41, 5.74) is 0.146. The number of methoxy groups -OCH3 is 6. The quantitative estimate of drug-likeness (QED) is 0.606. The number of hydrogen-bond acceptors (Lipinski definition) is 7. The normalized spacial score (nSPS) is 10.6. The summed E-state index contributed by atoms with van der Waals surface area (Å²) < 4.78 is 32.1. The zero-order valence-electron chi connectivity index (χ0n) is 16.2. The molecule has 1 unspecified atom stereocenters. The third kappa shape index (κ3) is 4.37. The molecule has 2 aromatic carbocycles. The van der Waals surface area contributed by atoms with Crippen LogP contribution < -0.4 is 33.7 Å². The van der Waals surface area contributed by atoms with Gasteiger partial charge in [0, 0.05) is 24.3 Å². The summed E-state index contributed by atoms with van der Waals surface area (Å²) in [5.74, 6) is 2.85. The molecule has 0 aliphatic carbocycles. The third-order valence-corrected chi connectivity index (χ3v) is 5.12. The van der Waals surface area contributed by atoms with Crippen LogP contribution in [0.2, 0.25) is 0 Å². The van der Waals surface area contributed by atoms with Crippen molar-refractivity contribution in [3.05, 3.63) is 29.8 Å². The molecule has 146 valence electrons. The van der Waals surface area contributed by atoms with Crippen LogP contribution in [0.25, 0.3) is 0 Å². The van der Waals surface area contributed by atoms with E-state index in [0.29, 0.717) is 45.4 Å². The van der Waals surface area contributed by atoms with Gasteiger partial charge < -0.3 is 28.4 Å². The lowest BCUT2D eigenvalue weighted by molar-refractivity contribution is 0.108. The topological polar surface area (TPSA) is 72.5 Å². The Balaban J connectivity index is 2.52. The number of benzene rings is 2. The van der Waals surface area contributed by atoms with Crippen LogP contribution in [0, 0.1) is 0 Å². The Kier molecular flexibility index (Phi) is 7.13. The minimum atomic E-state index is -0.284. The Morgan fingerprint density at radius 2 is 1.00 bits per heavy atom. The molecule has 2 aromatic rings. The number of hydrogen-bond donors (Lipinski definition) is 0. The summed E-state index contributed by atoms with van der Waals surface area (Å²) in [4.78, 5) is 13.1. The highest BCUT2D eigenvalue weighted by Crippen LogP contribution is 2.40. The summed E-state index contributed by atoms with van der Waals surface area (Å²) in [6.07, 6.45) is 0. The van der Waals surface area contributed by atoms with E-state index in [2.05, 4.69) is 0 Å². The van der Waals surface area contributed by atoms with Crippen LogP contribution in [0.4, 0.5) is 0 Å². The van der Waals surface area contributed by atoms with Crippen molar-refractivity contribution in [1.29, 1.82) is 0 Å². The molecule has 0 saturated carbocycles. The van der Waals surface area contributed by atoms with Crippen molar-refractivity contribution in [2.45, 2.75) is 0 Å². The third-order valence-electron chi connectivity index (χ3n) is 3.90. The van der Waals surface area contributed by atoms with Crippen LogP contribution in [0.1, 0.15) is 10.4 Å². The maximum atomic E-state index is 13.1. The largest absolute Gasteiger partial charge is 0.496 e. The molecular weight excluding hydrogens is 371 g/mol. The van der Waals surface area contributed by atoms with E-state index < -0.39 is 0 Å². The van der Waals surface area contributed by atoms with Crippen LogP contribution >= 0.6 is 8.58 Å². The molecule has 8 heteroatoms. The fourth-order valence-corrected chi connectivity index (χ4v) is 3.73. The molecule has 0 bridgehead atoms. The van der Waals surface area contributed by atoms with E-state index in [1.165, 1.54) is 35.5 Å². The van der Waals surface area contributed by atoms with Gasteiger partial charge in [0.15, 0.2) is 5.52 Å². The molecule has 1 atom stereocenters. The summed E-state index contributed by atoms with van der Waals surface area (Å²) >= 11 is 0. The van der Waals surface area contributed by atoms with Crippen molar-refractivity contribution in [3.63, 3.8) is 0 Å². The molecule has 2 rings (SSSR count). The molecule has 0 heterocycles. The summed E-state index contributed by atoms with van der Waals surface area (Å²) in [5, 5.41) is 0.630. The predicted octanol–water partition coefficient (Wildman–Crippen LogP) is 2.88. The molecule has 0 amide bonds. The minimum Gasteiger partial charge on any atom is -0.496 e. The van der Waals surface area contributed by atoms with Crippen LogP contribution in [-0.2, 0) is 0 Å². The second-order valence-corrected chi connectivity index (χ2v) is 6.47. The average molecular weight is 394 g/mol. The van der Waals surface area contributed by atoms with Crippen molar-refractivity contribution in [3.8, 4) is 34.5 Å². The first-order valence-electron chi connectivity index (χ1n) is 7.94. The van der Waals surface area contributed by atoms with Crippen molar-refractivity contribution >= 4 is 19.4 Å². The van der Waals surface area contributed by atoms with Gasteiger partial charge >= 0.3 is 0 Å². The zero-order valence-corrected chi connectivity index (χ0v) is 17.2. The molecule has 0 spiro atoms. The van der Waals surface area contributed by atoms with Crippen molar-refractivity contribution in [1.82, 2.24) is 0 Å². The van der Waals surface area contributed by atoms with E-state index in [-0.39, 0.29) is 14.1 Å². The Labute approximate surface area is 160 Å². The molecule has 0 saturated heterocycles. The van der Waals surface area contributed by atoms with E-state index in [1.807, 2.05) is 0 Å². The van der Waals surface area contributed by atoms with E-state index in [1.54, 1.807) is 31.4 Å². The Morgan fingerprint density at radius 1 is 0.630 bits per heavy atom. The molecule has 27 heavy (non-hydrogen) atoms. The first kappa shape index (κ1) is 20.6. The predicted molar refractivity (Wildman–Crippen MR) is 104 cm³/mol. The number of carbonyl (C=O) groups is 1. The lowest BCUT2D eigenvalue weighted by Crippen LogP contribution is -2.11. The fourth-order valence-electron chi connectivity index (χ4n) is 2.53. The first-order chi connectivity index (χ1) is 13.0. The van der Waals surface area contributed by atoms with Crippen LogP contribution in [-0.4, -0.2) is 48.2 Å². The van der Waals surface area contributed by atoms with E-state index in [4.69, 9.17) is 28.4 Å². The van der Waals surface area contributed by atoms with Gasteiger partial charge in [-0.25, -0.2) is 0 Å². The monoisotopic (exact) mass is 394 g/mol. The van der Waals surface area contributed by atoms with E-state index in [9.17, 15) is 4.79 Å². The second-order valence-electron chi connectivity index (χ2n) is 5.27. The first-order valence-corrected chi connectivity index (χ1v) is 8.94. The summed E-state index contributed by atoms with van der Waals surface area (Å²) in [7, 11) is 8.83. The van der Waals surface area contributed by atoms with E-state index >= 15 is 0 Å².